The van der Waals surface area contributed by atoms with Crippen molar-refractivity contribution >= 4 is 21.7 Å². The fourth-order valence-corrected chi connectivity index (χ4v) is 3.08. The van der Waals surface area contributed by atoms with Gasteiger partial charge in [0.1, 0.15) is 0 Å². The number of rotatable bonds is 6. The van der Waals surface area contributed by atoms with E-state index in [1.807, 2.05) is 0 Å². The number of carbonyl (C=O) groups is 1. The van der Waals surface area contributed by atoms with Gasteiger partial charge in [0.15, 0.2) is 0 Å². The summed E-state index contributed by atoms with van der Waals surface area (Å²) in [7, 11) is -3.48. The first-order chi connectivity index (χ1) is 10.6. The normalized spacial score (nSPS) is 16.0. The van der Waals surface area contributed by atoms with Gasteiger partial charge in [-0.3, -0.25) is 4.72 Å². The average Bonchev–Trinajstić information content (AvgIpc) is 2.48. The molecule has 22 heavy (non-hydrogen) atoms. The lowest BCUT2D eigenvalue weighted by Crippen LogP contribution is -2.45. The molecule has 1 aromatic rings. The van der Waals surface area contributed by atoms with Gasteiger partial charge in [-0.25, -0.2) is 13.2 Å². The summed E-state index contributed by atoms with van der Waals surface area (Å²) in [6.45, 7) is 1.33. The van der Waals surface area contributed by atoms with Crippen molar-refractivity contribution in [2.45, 2.75) is 18.9 Å². The van der Waals surface area contributed by atoms with Crippen LogP contribution in [0.3, 0.4) is 0 Å². The van der Waals surface area contributed by atoms with Crippen molar-refractivity contribution < 1.29 is 17.9 Å². The van der Waals surface area contributed by atoms with E-state index in [9.17, 15) is 13.2 Å². The Morgan fingerprint density at radius 3 is 2.55 bits per heavy atom. The SMILES string of the molecule is O=C(NCCS(=O)(=O)Nc1ccccc1)NC1CCOCC1. The first-order valence-electron chi connectivity index (χ1n) is 7.23. The number of sulfonamides is 1. The van der Waals surface area contributed by atoms with Crippen LogP contribution in [-0.4, -0.2) is 46.0 Å². The molecule has 0 bridgehead atoms. The smallest absolute Gasteiger partial charge is 0.315 e. The first kappa shape index (κ1) is 16.6. The van der Waals surface area contributed by atoms with E-state index >= 15 is 0 Å². The molecule has 0 unspecified atom stereocenters. The number of benzene rings is 1. The zero-order valence-corrected chi connectivity index (χ0v) is 13.1. The maximum absolute atomic E-state index is 11.9. The molecule has 1 fully saturated rings. The quantitative estimate of drug-likeness (QED) is 0.723. The van der Waals surface area contributed by atoms with Crippen LogP contribution in [-0.2, 0) is 14.8 Å². The zero-order valence-electron chi connectivity index (χ0n) is 12.2. The van der Waals surface area contributed by atoms with Gasteiger partial charge in [0.2, 0.25) is 10.0 Å². The first-order valence-corrected chi connectivity index (χ1v) is 8.88. The highest BCUT2D eigenvalue weighted by Gasteiger charge is 2.16. The van der Waals surface area contributed by atoms with Crippen LogP contribution in [0.4, 0.5) is 10.5 Å². The molecule has 0 saturated carbocycles. The van der Waals surface area contributed by atoms with Crippen molar-refractivity contribution in [3.63, 3.8) is 0 Å². The molecule has 0 spiro atoms. The van der Waals surface area contributed by atoms with E-state index in [2.05, 4.69) is 15.4 Å². The molecular formula is C14H21N3O4S. The minimum Gasteiger partial charge on any atom is -0.381 e. The van der Waals surface area contributed by atoms with E-state index < -0.39 is 10.0 Å². The Kier molecular flexibility index (Phi) is 6.02. The molecule has 1 heterocycles. The molecule has 2 rings (SSSR count). The molecule has 0 aliphatic carbocycles. The second-order valence-electron chi connectivity index (χ2n) is 5.07. The van der Waals surface area contributed by atoms with Crippen molar-refractivity contribution in [3.8, 4) is 0 Å². The second kappa shape index (κ2) is 8.00. The van der Waals surface area contributed by atoms with Crippen LogP contribution in [0.2, 0.25) is 0 Å². The lowest BCUT2D eigenvalue weighted by Gasteiger charge is -2.23. The van der Waals surface area contributed by atoms with Gasteiger partial charge in [-0.05, 0) is 25.0 Å². The topological polar surface area (TPSA) is 96.5 Å². The third-order valence-electron chi connectivity index (χ3n) is 3.26. The van der Waals surface area contributed by atoms with Crippen LogP contribution in [0.25, 0.3) is 0 Å². The van der Waals surface area contributed by atoms with Crippen LogP contribution in [0.15, 0.2) is 30.3 Å². The van der Waals surface area contributed by atoms with Gasteiger partial charge < -0.3 is 15.4 Å². The number of carbonyl (C=O) groups excluding carboxylic acids is 1. The Balaban J connectivity index is 1.69. The molecule has 0 radical (unpaired) electrons. The lowest BCUT2D eigenvalue weighted by molar-refractivity contribution is 0.0801. The highest BCUT2D eigenvalue weighted by Crippen LogP contribution is 2.08. The highest BCUT2D eigenvalue weighted by molar-refractivity contribution is 7.92. The van der Waals surface area contributed by atoms with Gasteiger partial charge in [0, 0.05) is 31.5 Å². The van der Waals surface area contributed by atoms with Crippen LogP contribution in [0.5, 0.6) is 0 Å². The van der Waals surface area contributed by atoms with Gasteiger partial charge in [-0.2, -0.15) is 0 Å². The standard InChI is InChI=1S/C14H21N3O4S/c18-14(16-12-6-9-21-10-7-12)15-8-11-22(19,20)17-13-4-2-1-3-5-13/h1-5,12,17H,6-11H2,(H2,15,16,18). The van der Waals surface area contributed by atoms with E-state index in [0.29, 0.717) is 18.9 Å². The molecule has 1 aliphatic heterocycles. The van der Waals surface area contributed by atoms with Crippen molar-refractivity contribution in [3.05, 3.63) is 30.3 Å². The summed E-state index contributed by atoms with van der Waals surface area (Å²) in [5.74, 6) is -0.177. The Morgan fingerprint density at radius 2 is 1.86 bits per heavy atom. The number of hydrogen-bond donors (Lipinski definition) is 3. The maximum atomic E-state index is 11.9. The Morgan fingerprint density at radius 1 is 1.18 bits per heavy atom. The molecule has 3 N–H and O–H groups in total. The van der Waals surface area contributed by atoms with Crippen molar-refractivity contribution in [2.24, 2.45) is 0 Å². The van der Waals surface area contributed by atoms with Gasteiger partial charge >= 0.3 is 6.03 Å². The molecule has 1 aliphatic rings. The number of anilines is 1. The minimum atomic E-state index is -3.48. The van der Waals surface area contributed by atoms with E-state index in [1.54, 1.807) is 30.3 Å². The third-order valence-corrected chi connectivity index (χ3v) is 4.55. The molecule has 2 amide bonds. The third kappa shape index (κ3) is 5.90. The second-order valence-corrected chi connectivity index (χ2v) is 6.92. The number of para-hydroxylation sites is 1. The van der Waals surface area contributed by atoms with Gasteiger partial charge in [0.05, 0.1) is 5.75 Å². The summed E-state index contributed by atoms with van der Waals surface area (Å²) in [5.41, 5.74) is 0.508. The van der Waals surface area contributed by atoms with Gasteiger partial charge in [-0.15, -0.1) is 0 Å². The number of ether oxygens (including phenoxy) is 1. The number of nitrogens with one attached hydrogen (secondary N) is 3. The van der Waals surface area contributed by atoms with Crippen LogP contribution in [0, 0.1) is 0 Å². The van der Waals surface area contributed by atoms with Crippen LogP contribution >= 0.6 is 0 Å². The Bertz CT molecular complexity index is 571. The largest absolute Gasteiger partial charge is 0.381 e. The number of hydrogen-bond acceptors (Lipinski definition) is 4. The summed E-state index contributed by atoms with van der Waals surface area (Å²) in [5, 5.41) is 5.37. The van der Waals surface area contributed by atoms with Gasteiger partial charge in [-0.1, -0.05) is 18.2 Å². The van der Waals surface area contributed by atoms with Crippen molar-refractivity contribution in [2.75, 3.05) is 30.2 Å². The van der Waals surface area contributed by atoms with E-state index in [1.165, 1.54) is 0 Å². The molecule has 1 saturated heterocycles. The molecule has 0 atom stereocenters. The van der Waals surface area contributed by atoms with Crippen LogP contribution in [0.1, 0.15) is 12.8 Å². The molecule has 122 valence electrons. The average molecular weight is 327 g/mol. The van der Waals surface area contributed by atoms with Crippen molar-refractivity contribution in [1.29, 1.82) is 0 Å². The summed E-state index contributed by atoms with van der Waals surface area (Å²) < 4.78 is 31.4. The molecule has 7 nitrogen and oxygen atoms in total. The maximum Gasteiger partial charge on any atom is 0.315 e. The Labute approximate surface area is 130 Å². The summed E-state index contributed by atoms with van der Waals surface area (Å²) >= 11 is 0. The predicted octanol–water partition coefficient (Wildman–Crippen LogP) is 0.906. The summed E-state index contributed by atoms with van der Waals surface area (Å²) in [4.78, 5) is 11.7. The number of urea groups is 1. The van der Waals surface area contributed by atoms with Crippen molar-refractivity contribution in [1.82, 2.24) is 10.6 Å². The van der Waals surface area contributed by atoms with E-state index in [-0.39, 0.29) is 24.4 Å². The monoisotopic (exact) mass is 327 g/mol. The molecule has 1 aromatic carbocycles. The predicted molar refractivity (Wildman–Crippen MR) is 84.2 cm³/mol. The van der Waals surface area contributed by atoms with E-state index in [0.717, 1.165) is 12.8 Å². The summed E-state index contributed by atoms with van der Waals surface area (Å²) in [6.07, 6.45) is 1.56. The summed E-state index contributed by atoms with van der Waals surface area (Å²) in [6, 6.07) is 8.38. The Hall–Kier alpha value is -1.80. The minimum absolute atomic E-state index is 0.0528. The van der Waals surface area contributed by atoms with Crippen LogP contribution < -0.4 is 15.4 Å². The number of amides is 2. The fourth-order valence-electron chi connectivity index (χ4n) is 2.11. The fraction of sp³-hybridized carbons (Fsp3) is 0.500. The zero-order chi connectivity index (χ0) is 15.8. The highest BCUT2D eigenvalue weighted by atomic mass is 32.2. The molecular weight excluding hydrogens is 306 g/mol. The van der Waals surface area contributed by atoms with Gasteiger partial charge in [0.25, 0.3) is 0 Å². The lowest BCUT2D eigenvalue weighted by atomic mass is 10.1. The molecule has 8 heteroatoms. The molecule has 0 aromatic heterocycles. The van der Waals surface area contributed by atoms with E-state index in [4.69, 9.17) is 4.74 Å².